The van der Waals surface area contributed by atoms with Crippen LogP contribution in [0.15, 0.2) is 43.0 Å². The van der Waals surface area contributed by atoms with Gasteiger partial charge in [0, 0.05) is 36.9 Å². The number of imidazole rings is 1. The number of nitrogens with two attached hydrogens (primary N) is 1. The molecule has 1 aliphatic rings. The third kappa shape index (κ3) is 3.73. The number of aromatic hydroxyl groups is 2. The molecule has 2 aromatic carbocycles. The number of fused-ring (bicyclic) bond motifs is 2. The van der Waals surface area contributed by atoms with E-state index in [1.165, 1.54) is 24.3 Å². The Labute approximate surface area is 182 Å². The average molecular weight is 435 g/mol. The lowest BCUT2D eigenvalue weighted by Gasteiger charge is -2.23. The highest BCUT2D eigenvalue weighted by atomic mass is 16.3. The number of hydrogen-bond donors (Lipinski definition) is 5. The number of anilines is 2. The number of nitrogen functional groups attached to an aromatic ring is 1. The van der Waals surface area contributed by atoms with E-state index in [2.05, 4.69) is 15.6 Å². The van der Waals surface area contributed by atoms with Crippen molar-refractivity contribution in [2.75, 3.05) is 24.1 Å². The minimum absolute atomic E-state index is 0.0340. The number of phenols is 2. The second-order valence-corrected chi connectivity index (χ2v) is 7.32. The van der Waals surface area contributed by atoms with Crippen LogP contribution in [-0.2, 0) is 11.3 Å². The Morgan fingerprint density at radius 1 is 1.00 bits per heavy atom. The van der Waals surface area contributed by atoms with Crippen LogP contribution < -0.4 is 16.4 Å². The summed E-state index contributed by atoms with van der Waals surface area (Å²) in [5, 5.41) is 26.0. The molecule has 3 aromatic rings. The van der Waals surface area contributed by atoms with Gasteiger partial charge >= 0.3 is 0 Å². The summed E-state index contributed by atoms with van der Waals surface area (Å²) in [4.78, 5) is 42.3. The number of aryl methyl sites for hydroxylation is 1. The molecular weight excluding hydrogens is 414 g/mol. The van der Waals surface area contributed by atoms with Crippen LogP contribution >= 0.6 is 0 Å². The van der Waals surface area contributed by atoms with Crippen molar-refractivity contribution in [2.24, 2.45) is 0 Å². The monoisotopic (exact) mass is 435 g/mol. The van der Waals surface area contributed by atoms with Gasteiger partial charge in [-0.15, -0.1) is 0 Å². The fourth-order valence-corrected chi connectivity index (χ4v) is 3.68. The molecule has 1 amide bonds. The van der Waals surface area contributed by atoms with Crippen LogP contribution in [0.2, 0.25) is 0 Å². The number of aromatic nitrogens is 2. The maximum atomic E-state index is 13.2. The van der Waals surface area contributed by atoms with Gasteiger partial charge in [0.15, 0.2) is 5.78 Å². The lowest BCUT2D eigenvalue weighted by molar-refractivity contribution is -0.119. The first-order valence-corrected chi connectivity index (χ1v) is 9.91. The predicted molar refractivity (Wildman–Crippen MR) is 116 cm³/mol. The van der Waals surface area contributed by atoms with Crippen molar-refractivity contribution in [3.05, 3.63) is 65.2 Å². The maximum absolute atomic E-state index is 13.2. The van der Waals surface area contributed by atoms with E-state index in [9.17, 15) is 24.6 Å². The highest BCUT2D eigenvalue weighted by molar-refractivity contribution is 6.33. The number of benzene rings is 2. The van der Waals surface area contributed by atoms with Crippen molar-refractivity contribution in [1.29, 1.82) is 0 Å². The van der Waals surface area contributed by atoms with Crippen LogP contribution in [0.5, 0.6) is 11.5 Å². The van der Waals surface area contributed by atoms with Gasteiger partial charge in [0.05, 0.1) is 35.1 Å². The zero-order valence-corrected chi connectivity index (χ0v) is 17.0. The molecule has 0 aliphatic heterocycles. The summed E-state index contributed by atoms with van der Waals surface area (Å²) < 4.78 is 1.90. The third-order valence-electron chi connectivity index (χ3n) is 5.22. The van der Waals surface area contributed by atoms with E-state index >= 15 is 0 Å². The molecule has 10 nitrogen and oxygen atoms in total. The molecule has 0 atom stereocenters. The number of carbonyl (C=O) groups excluding carboxylic acids is 3. The van der Waals surface area contributed by atoms with E-state index in [1.807, 2.05) is 10.8 Å². The average Bonchev–Trinajstić information content (AvgIpc) is 3.29. The number of nitrogens with zero attached hydrogens (tertiary/aromatic N) is 2. The van der Waals surface area contributed by atoms with Crippen molar-refractivity contribution in [1.82, 2.24) is 14.9 Å². The molecule has 1 aliphatic carbocycles. The van der Waals surface area contributed by atoms with Gasteiger partial charge in [-0.2, -0.15) is 0 Å². The number of carbonyl (C=O) groups is 3. The zero-order chi connectivity index (χ0) is 22.8. The Morgan fingerprint density at radius 3 is 2.41 bits per heavy atom. The SMILES string of the molecule is Nc1ccc(O)c2c1C(=O)c1c(NCC(=O)NCCCn3ccnc3)ccc(O)c1C2=O. The molecule has 0 unspecified atom stereocenters. The van der Waals surface area contributed by atoms with Crippen molar-refractivity contribution < 1.29 is 24.6 Å². The summed E-state index contributed by atoms with van der Waals surface area (Å²) >= 11 is 0. The second kappa shape index (κ2) is 8.42. The number of nitrogens with one attached hydrogen (secondary N) is 2. The van der Waals surface area contributed by atoms with Crippen LogP contribution in [0.3, 0.4) is 0 Å². The Balaban J connectivity index is 1.49. The van der Waals surface area contributed by atoms with Crippen LogP contribution in [0.1, 0.15) is 38.3 Å². The minimum atomic E-state index is -0.718. The number of rotatable bonds is 7. The fourth-order valence-electron chi connectivity index (χ4n) is 3.68. The van der Waals surface area contributed by atoms with Gasteiger partial charge in [0.25, 0.3) is 0 Å². The number of amides is 1. The lowest BCUT2D eigenvalue weighted by atomic mass is 9.81. The topological polar surface area (TPSA) is 160 Å². The molecule has 0 saturated heterocycles. The summed E-state index contributed by atoms with van der Waals surface area (Å²) in [6, 6.07) is 5.22. The smallest absolute Gasteiger partial charge is 0.239 e. The summed E-state index contributed by atoms with van der Waals surface area (Å²) in [7, 11) is 0. The molecule has 6 N–H and O–H groups in total. The molecule has 0 radical (unpaired) electrons. The van der Waals surface area contributed by atoms with Gasteiger partial charge in [-0.05, 0) is 30.7 Å². The standard InChI is InChI=1S/C22H21N5O5/c23-12-2-4-14(28)19-17(12)21(31)18-13(3-5-15(29)20(18)22(19)32)26-10-16(30)25-6-1-8-27-9-7-24-11-27/h2-5,7,9,11,26,28-29H,1,6,8,10,23H2,(H,25,30). The summed E-state index contributed by atoms with van der Waals surface area (Å²) in [5.74, 6) is -2.44. The Bertz CT molecular complexity index is 1220. The number of phenolic OH excluding ortho intramolecular Hbond substituents is 2. The molecule has 164 valence electrons. The van der Waals surface area contributed by atoms with E-state index in [0.717, 1.165) is 0 Å². The van der Waals surface area contributed by atoms with Crippen molar-refractivity contribution >= 4 is 28.8 Å². The van der Waals surface area contributed by atoms with Gasteiger partial charge in [-0.3, -0.25) is 14.4 Å². The van der Waals surface area contributed by atoms with E-state index in [4.69, 9.17) is 5.73 Å². The highest BCUT2D eigenvalue weighted by Crippen LogP contribution is 2.41. The van der Waals surface area contributed by atoms with Crippen molar-refractivity contribution in [2.45, 2.75) is 13.0 Å². The van der Waals surface area contributed by atoms with Crippen LogP contribution in [0.25, 0.3) is 0 Å². The van der Waals surface area contributed by atoms with Crippen molar-refractivity contribution in [3.63, 3.8) is 0 Å². The molecule has 4 rings (SSSR count). The van der Waals surface area contributed by atoms with Gasteiger partial charge in [0.1, 0.15) is 11.5 Å². The Hall–Kier alpha value is -4.34. The number of ketones is 2. The van der Waals surface area contributed by atoms with Crippen LogP contribution in [0, 0.1) is 0 Å². The molecule has 32 heavy (non-hydrogen) atoms. The van der Waals surface area contributed by atoms with Crippen LogP contribution in [-0.4, -0.2) is 50.3 Å². The first-order chi connectivity index (χ1) is 15.4. The van der Waals surface area contributed by atoms with Gasteiger partial charge in [0.2, 0.25) is 11.7 Å². The largest absolute Gasteiger partial charge is 0.507 e. The van der Waals surface area contributed by atoms with E-state index in [1.54, 1.807) is 12.5 Å². The van der Waals surface area contributed by atoms with Gasteiger partial charge in [-0.25, -0.2) is 4.98 Å². The summed E-state index contributed by atoms with van der Waals surface area (Å²) in [5.41, 5.74) is 5.44. The highest BCUT2D eigenvalue weighted by Gasteiger charge is 2.37. The Kier molecular flexibility index (Phi) is 5.50. The normalized spacial score (nSPS) is 12.2. The second-order valence-electron chi connectivity index (χ2n) is 7.32. The molecule has 0 fully saturated rings. The summed E-state index contributed by atoms with van der Waals surface area (Å²) in [6.07, 6.45) is 5.92. The minimum Gasteiger partial charge on any atom is -0.507 e. The lowest BCUT2D eigenvalue weighted by Crippen LogP contribution is -2.32. The predicted octanol–water partition coefficient (Wildman–Crippen LogP) is 1.27. The van der Waals surface area contributed by atoms with Gasteiger partial charge < -0.3 is 31.1 Å². The van der Waals surface area contributed by atoms with E-state index in [0.29, 0.717) is 19.5 Å². The first-order valence-electron chi connectivity index (χ1n) is 9.91. The first kappa shape index (κ1) is 20.9. The molecule has 0 spiro atoms. The molecule has 1 aromatic heterocycles. The quantitative estimate of drug-likeness (QED) is 0.165. The third-order valence-corrected chi connectivity index (χ3v) is 5.22. The molecular formula is C22H21N5O5. The molecule has 1 heterocycles. The Morgan fingerprint density at radius 2 is 1.69 bits per heavy atom. The summed E-state index contributed by atoms with van der Waals surface area (Å²) in [6.45, 7) is 1.02. The van der Waals surface area contributed by atoms with Crippen molar-refractivity contribution in [3.8, 4) is 11.5 Å². The fraction of sp³-hybridized carbons (Fsp3) is 0.182. The van der Waals surface area contributed by atoms with E-state index < -0.39 is 23.1 Å². The zero-order valence-electron chi connectivity index (χ0n) is 17.0. The molecule has 10 heteroatoms. The molecule has 0 bridgehead atoms. The number of hydrogen-bond acceptors (Lipinski definition) is 8. The van der Waals surface area contributed by atoms with E-state index in [-0.39, 0.29) is 46.1 Å². The van der Waals surface area contributed by atoms with Crippen LogP contribution in [0.4, 0.5) is 11.4 Å². The molecule has 0 saturated carbocycles. The maximum Gasteiger partial charge on any atom is 0.239 e. The van der Waals surface area contributed by atoms with Gasteiger partial charge in [-0.1, -0.05) is 0 Å².